The highest BCUT2D eigenvalue weighted by Gasteiger charge is 2.61. The van der Waals surface area contributed by atoms with Crippen LogP contribution >= 0.6 is 0 Å². The molecule has 4 nitrogen and oxygen atoms in total. The third kappa shape index (κ3) is 2.57. The van der Waals surface area contributed by atoms with Crippen LogP contribution in [-0.4, -0.2) is 24.6 Å². The Balaban J connectivity index is 2.36. The molecule has 2 aliphatic rings. The highest BCUT2D eigenvalue weighted by atomic mass is 16.6. The standard InChI is InChI=1S/C16H26O4/c1-15(2)16(11-13(17)19-3)10-8-6-4-5-7-9-12(16)14(18)20-15/h12H,4-11H2,1-3H3. The Morgan fingerprint density at radius 1 is 1.25 bits per heavy atom. The summed E-state index contributed by atoms with van der Waals surface area (Å²) in [7, 11) is 1.41. The second kappa shape index (κ2) is 5.74. The van der Waals surface area contributed by atoms with Crippen molar-refractivity contribution in [3.8, 4) is 0 Å². The molecule has 0 aromatic carbocycles. The van der Waals surface area contributed by atoms with Gasteiger partial charge in [0, 0.05) is 5.41 Å². The minimum atomic E-state index is -0.590. The van der Waals surface area contributed by atoms with E-state index in [9.17, 15) is 9.59 Å². The molecule has 0 radical (unpaired) electrons. The van der Waals surface area contributed by atoms with Crippen molar-refractivity contribution in [2.24, 2.45) is 11.3 Å². The third-order valence-corrected chi connectivity index (χ3v) is 5.31. The van der Waals surface area contributed by atoms with Crippen molar-refractivity contribution in [1.82, 2.24) is 0 Å². The van der Waals surface area contributed by atoms with Gasteiger partial charge in [0.1, 0.15) is 5.60 Å². The average Bonchev–Trinajstić information content (AvgIpc) is 2.62. The average molecular weight is 282 g/mol. The summed E-state index contributed by atoms with van der Waals surface area (Å²) in [5.41, 5.74) is -0.991. The maximum atomic E-state index is 12.3. The topological polar surface area (TPSA) is 52.6 Å². The monoisotopic (exact) mass is 282 g/mol. The minimum Gasteiger partial charge on any atom is -0.469 e. The molecule has 2 fully saturated rings. The van der Waals surface area contributed by atoms with Crippen LogP contribution in [0.15, 0.2) is 0 Å². The number of hydrogen-bond acceptors (Lipinski definition) is 4. The molecule has 2 unspecified atom stereocenters. The fourth-order valence-corrected chi connectivity index (χ4v) is 4.01. The van der Waals surface area contributed by atoms with Crippen LogP contribution in [0.2, 0.25) is 0 Å². The SMILES string of the molecule is COC(=O)CC12CCCCCCCC1C(=O)OC2(C)C. The van der Waals surface area contributed by atoms with E-state index in [0.29, 0.717) is 0 Å². The summed E-state index contributed by atoms with van der Waals surface area (Å²) in [4.78, 5) is 24.2. The number of carbonyl (C=O) groups excluding carboxylic acids is 2. The summed E-state index contributed by atoms with van der Waals surface area (Å²) >= 11 is 0. The molecule has 2 atom stereocenters. The van der Waals surface area contributed by atoms with E-state index in [1.807, 2.05) is 13.8 Å². The third-order valence-electron chi connectivity index (χ3n) is 5.31. The zero-order valence-electron chi connectivity index (χ0n) is 12.9. The fraction of sp³-hybridized carbons (Fsp3) is 0.875. The predicted octanol–water partition coefficient (Wildman–Crippen LogP) is 3.23. The molecule has 2 rings (SSSR count). The van der Waals surface area contributed by atoms with E-state index in [2.05, 4.69) is 0 Å². The molecule has 1 saturated carbocycles. The Kier molecular flexibility index (Phi) is 4.40. The molecular weight excluding hydrogens is 256 g/mol. The molecule has 20 heavy (non-hydrogen) atoms. The number of methoxy groups -OCH3 is 1. The molecule has 0 amide bonds. The Bertz CT molecular complexity index is 388. The van der Waals surface area contributed by atoms with E-state index in [1.54, 1.807) is 0 Å². The molecule has 1 heterocycles. The maximum Gasteiger partial charge on any atom is 0.310 e. The van der Waals surface area contributed by atoms with Crippen LogP contribution in [0.1, 0.15) is 65.2 Å². The number of hydrogen-bond donors (Lipinski definition) is 0. The van der Waals surface area contributed by atoms with Gasteiger partial charge in [-0.1, -0.05) is 32.1 Å². The second-order valence-corrected chi connectivity index (χ2v) is 6.70. The molecule has 0 aromatic rings. The number of carbonyl (C=O) groups is 2. The van der Waals surface area contributed by atoms with Crippen molar-refractivity contribution >= 4 is 11.9 Å². The van der Waals surface area contributed by atoms with Crippen molar-refractivity contribution < 1.29 is 19.1 Å². The first-order chi connectivity index (χ1) is 9.43. The molecule has 114 valence electrons. The van der Waals surface area contributed by atoms with Gasteiger partial charge in [-0.25, -0.2) is 0 Å². The van der Waals surface area contributed by atoms with E-state index in [4.69, 9.17) is 9.47 Å². The smallest absolute Gasteiger partial charge is 0.310 e. The lowest BCUT2D eigenvalue weighted by atomic mass is 9.61. The predicted molar refractivity (Wildman–Crippen MR) is 75.0 cm³/mol. The largest absolute Gasteiger partial charge is 0.469 e. The minimum absolute atomic E-state index is 0.124. The van der Waals surface area contributed by atoms with Gasteiger partial charge in [0.25, 0.3) is 0 Å². The van der Waals surface area contributed by atoms with Gasteiger partial charge >= 0.3 is 11.9 Å². The Morgan fingerprint density at radius 3 is 2.60 bits per heavy atom. The van der Waals surface area contributed by atoms with E-state index in [1.165, 1.54) is 26.4 Å². The van der Waals surface area contributed by atoms with E-state index in [0.717, 1.165) is 25.7 Å². The van der Waals surface area contributed by atoms with Gasteiger partial charge < -0.3 is 9.47 Å². The Labute approximate surface area is 121 Å². The highest BCUT2D eigenvalue weighted by Crippen LogP contribution is 2.56. The van der Waals surface area contributed by atoms with Gasteiger partial charge in [-0.3, -0.25) is 9.59 Å². The normalized spacial score (nSPS) is 33.4. The van der Waals surface area contributed by atoms with Crippen molar-refractivity contribution in [2.75, 3.05) is 7.11 Å². The van der Waals surface area contributed by atoms with Crippen molar-refractivity contribution in [3.05, 3.63) is 0 Å². The van der Waals surface area contributed by atoms with Gasteiger partial charge in [-0.15, -0.1) is 0 Å². The van der Waals surface area contributed by atoms with Gasteiger partial charge in [-0.2, -0.15) is 0 Å². The molecule has 1 saturated heterocycles. The summed E-state index contributed by atoms with van der Waals surface area (Å²) in [6.45, 7) is 3.90. The molecule has 0 spiro atoms. The van der Waals surface area contributed by atoms with Gasteiger partial charge in [0.05, 0.1) is 19.4 Å². The second-order valence-electron chi connectivity index (χ2n) is 6.70. The molecule has 1 aliphatic heterocycles. The number of rotatable bonds is 2. The summed E-state index contributed by atoms with van der Waals surface area (Å²) in [5, 5.41) is 0. The van der Waals surface area contributed by atoms with Crippen LogP contribution < -0.4 is 0 Å². The lowest BCUT2D eigenvalue weighted by Gasteiger charge is -2.41. The lowest BCUT2D eigenvalue weighted by Crippen LogP contribution is -2.45. The molecule has 0 aromatic heterocycles. The molecular formula is C16H26O4. The lowest BCUT2D eigenvalue weighted by molar-refractivity contribution is -0.153. The summed E-state index contributed by atoms with van der Waals surface area (Å²) in [5.74, 6) is -0.517. The first kappa shape index (κ1) is 15.3. The zero-order chi connectivity index (χ0) is 14.8. The molecule has 0 N–H and O–H groups in total. The highest BCUT2D eigenvalue weighted by molar-refractivity contribution is 5.80. The molecule has 0 bridgehead atoms. The molecule has 1 aliphatic carbocycles. The van der Waals surface area contributed by atoms with Gasteiger partial charge in [-0.05, 0) is 26.7 Å². The van der Waals surface area contributed by atoms with Crippen LogP contribution in [0.25, 0.3) is 0 Å². The van der Waals surface area contributed by atoms with Gasteiger partial charge in [0.15, 0.2) is 0 Å². The Morgan fingerprint density at radius 2 is 1.90 bits per heavy atom. The summed E-state index contributed by atoms with van der Waals surface area (Å²) in [6.07, 6.45) is 7.62. The number of esters is 2. The number of ether oxygens (including phenoxy) is 2. The maximum absolute atomic E-state index is 12.3. The van der Waals surface area contributed by atoms with Crippen LogP contribution in [0, 0.1) is 11.3 Å². The first-order valence-electron chi connectivity index (χ1n) is 7.73. The van der Waals surface area contributed by atoms with Crippen LogP contribution in [0.5, 0.6) is 0 Å². The van der Waals surface area contributed by atoms with E-state index in [-0.39, 0.29) is 24.3 Å². The quantitative estimate of drug-likeness (QED) is 0.730. The van der Waals surface area contributed by atoms with Crippen LogP contribution in [-0.2, 0) is 19.1 Å². The number of fused-ring (bicyclic) bond motifs is 1. The van der Waals surface area contributed by atoms with Crippen molar-refractivity contribution in [1.29, 1.82) is 0 Å². The van der Waals surface area contributed by atoms with Crippen LogP contribution in [0.3, 0.4) is 0 Å². The zero-order valence-corrected chi connectivity index (χ0v) is 12.9. The Hall–Kier alpha value is -1.06. The van der Waals surface area contributed by atoms with Crippen molar-refractivity contribution in [3.63, 3.8) is 0 Å². The van der Waals surface area contributed by atoms with Gasteiger partial charge in [0.2, 0.25) is 0 Å². The fourth-order valence-electron chi connectivity index (χ4n) is 4.01. The molecule has 4 heteroatoms. The van der Waals surface area contributed by atoms with Crippen molar-refractivity contribution in [2.45, 2.75) is 70.8 Å². The summed E-state index contributed by atoms with van der Waals surface area (Å²) < 4.78 is 10.5. The first-order valence-corrected chi connectivity index (χ1v) is 7.73. The van der Waals surface area contributed by atoms with E-state index < -0.39 is 11.0 Å². The summed E-state index contributed by atoms with van der Waals surface area (Å²) in [6, 6.07) is 0. The van der Waals surface area contributed by atoms with E-state index >= 15 is 0 Å². The van der Waals surface area contributed by atoms with Crippen LogP contribution in [0.4, 0.5) is 0 Å². The number of cyclic esters (lactones) is 1.